The Kier molecular flexibility index (Phi) is 3.73. The molecule has 0 aromatic rings. The van der Waals surface area contributed by atoms with E-state index in [0.717, 1.165) is 31.8 Å². The van der Waals surface area contributed by atoms with Crippen LogP contribution in [0.5, 0.6) is 0 Å². The Labute approximate surface area is 103 Å². The highest BCUT2D eigenvalue weighted by Crippen LogP contribution is 2.39. The Balaban J connectivity index is 1.92. The van der Waals surface area contributed by atoms with Crippen LogP contribution in [0, 0.1) is 11.8 Å². The van der Waals surface area contributed by atoms with E-state index >= 15 is 0 Å². The van der Waals surface area contributed by atoms with Crippen molar-refractivity contribution < 1.29 is 9.90 Å². The molecule has 0 aromatic carbocycles. The maximum absolute atomic E-state index is 11.4. The van der Waals surface area contributed by atoms with Crippen LogP contribution in [0.15, 0.2) is 0 Å². The van der Waals surface area contributed by atoms with Gasteiger partial charge in [-0.2, -0.15) is 0 Å². The maximum Gasteiger partial charge on any atom is 0.325 e. The summed E-state index contributed by atoms with van der Waals surface area (Å²) in [6.07, 6.45) is 5.88. The molecule has 0 aliphatic heterocycles. The summed E-state index contributed by atoms with van der Waals surface area (Å²) in [6, 6.07) is 0. The molecular formula is C13H24N2O2. The average molecular weight is 240 g/mol. The smallest absolute Gasteiger partial charge is 0.325 e. The number of carboxylic acid groups (broad SMARTS) is 1. The van der Waals surface area contributed by atoms with Gasteiger partial charge in [0.05, 0.1) is 0 Å². The minimum atomic E-state index is -1.01. The normalized spacial score (nSPS) is 24.4. The van der Waals surface area contributed by atoms with Crippen LogP contribution in [0.3, 0.4) is 0 Å². The first-order valence-electron chi connectivity index (χ1n) is 6.81. The third-order valence-electron chi connectivity index (χ3n) is 4.38. The van der Waals surface area contributed by atoms with E-state index in [1.54, 1.807) is 0 Å². The van der Waals surface area contributed by atoms with Crippen molar-refractivity contribution in [2.45, 2.75) is 44.6 Å². The molecule has 1 atom stereocenters. The van der Waals surface area contributed by atoms with Gasteiger partial charge in [-0.05, 0) is 44.1 Å². The molecule has 4 nitrogen and oxygen atoms in total. The number of hydrogen-bond donors (Lipinski definition) is 2. The largest absolute Gasteiger partial charge is 0.480 e. The Bertz CT molecular complexity index is 287. The minimum absolute atomic E-state index is 0.190. The van der Waals surface area contributed by atoms with Gasteiger partial charge < -0.3 is 15.7 Å². The predicted molar refractivity (Wildman–Crippen MR) is 66.7 cm³/mol. The summed E-state index contributed by atoms with van der Waals surface area (Å²) in [5, 5.41) is 9.34. The van der Waals surface area contributed by atoms with Crippen LogP contribution in [0.2, 0.25) is 0 Å². The third-order valence-corrected chi connectivity index (χ3v) is 4.38. The topological polar surface area (TPSA) is 66.6 Å². The first kappa shape index (κ1) is 12.8. The van der Waals surface area contributed by atoms with Gasteiger partial charge in [0.1, 0.15) is 5.54 Å². The number of likely N-dealkylation sites (N-methyl/N-ethyl adjacent to an activating group) is 1. The highest BCUT2D eigenvalue weighted by Gasteiger charge is 2.49. The Hall–Kier alpha value is -0.610. The van der Waals surface area contributed by atoms with Crippen LogP contribution in [-0.4, -0.2) is 41.1 Å². The van der Waals surface area contributed by atoms with Crippen molar-refractivity contribution in [3.8, 4) is 0 Å². The zero-order valence-corrected chi connectivity index (χ0v) is 10.7. The molecule has 4 heteroatoms. The van der Waals surface area contributed by atoms with E-state index in [2.05, 4.69) is 11.8 Å². The van der Waals surface area contributed by atoms with Crippen molar-refractivity contribution >= 4 is 5.97 Å². The lowest BCUT2D eigenvalue weighted by molar-refractivity contribution is -0.145. The van der Waals surface area contributed by atoms with Crippen LogP contribution in [0.4, 0.5) is 0 Å². The van der Waals surface area contributed by atoms with Crippen molar-refractivity contribution in [3.63, 3.8) is 0 Å². The van der Waals surface area contributed by atoms with E-state index < -0.39 is 11.5 Å². The monoisotopic (exact) mass is 240 g/mol. The summed E-state index contributed by atoms with van der Waals surface area (Å²) >= 11 is 0. The Morgan fingerprint density at radius 2 is 2.06 bits per heavy atom. The zero-order chi connectivity index (χ0) is 12.5. The van der Waals surface area contributed by atoms with Gasteiger partial charge in [0.25, 0.3) is 0 Å². The number of carboxylic acids is 1. The van der Waals surface area contributed by atoms with Crippen LogP contribution in [0.1, 0.15) is 39.0 Å². The molecular weight excluding hydrogens is 216 g/mol. The molecule has 2 rings (SSSR count). The molecule has 2 fully saturated rings. The first-order valence-corrected chi connectivity index (χ1v) is 6.81. The minimum Gasteiger partial charge on any atom is -0.480 e. The maximum atomic E-state index is 11.4. The van der Waals surface area contributed by atoms with Gasteiger partial charge in [0, 0.05) is 13.1 Å². The van der Waals surface area contributed by atoms with Gasteiger partial charge in [-0.15, -0.1) is 0 Å². The predicted octanol–water partition coefficient (Wildman–Crippen LogP) is 1.30. The number of nitrogens with two attached hydrogens (primary N) is 1. The highest BCUT2D eigenvalue weighted by molar-refractivity contribution is 5.79. The second kappa shape index (κ2) is 4.94. The van der Waals surface area contributed by atoms with E-state index in [0.29, 0.717) is 6.54 Å². The van der Waals surface area contributed by atoms with Gasteiger partial charge >= 0.3 is 5.97 Å². The molecule has 0 amide bonds. The van der Waals surface area contributed by atoms with E-state index in [4.69, 9.17) is 5.73 Å². The zero-order valence-electron chi connectivity index (χ0n) is 10.7. The number of hydrogen-bond acceptors (Lipinski definition) is 3. The van der Waals surface area contributed by atoms with E-state index in [-0.39, 0.29) is 5.92 Å². The number of rotatable bonds is 7. The summed E-state index contributed by atoms with van der Waals surface area (Å²) in [5.41, 5.74) is 5.10. The quantitative estimate of drug-likeness (QED) is 0.704. The molecule has 17 heavy (non-hydrogen) atoms. The van der Waals surface area contributed by atoms with E-state index in [9.17, 15) is 9.90 Å². The van der Waals surface area contributed by atoms with Gasteiger partial charge in [0.2, 0.25) is 0 Å². The lowest BCUT2D eigenvalue weighted by Crippen LogP contribution is -2.58. The molecule has 98 valence electrons. The van der Waals surface area contributed by atoms with Crippen LogP contribution in [0.25, 0.3) is 0 Å². The molecule has 2 aliphatic rings. The molecule has 0 radical (unpaired) electrons. The summed E-state index contributed by atoms with van der Waals surface area (Å²) < 4.78 is 0. The second-order valence-electron chi connectivity index (χ2n) is 5.74. The molecule has 0 spiro atoms. The summed E-state index contributed by atoms with van der Waals surface area (Å²) in [4.78, 5) is 13.6. The molecule has 2 aliphatic carbocycles. The molecule has 0 saturated heterocycles. The molecule has 0 heterocycles. The lowest BCUT2D eigenvalue weighted by Gasteiger charge is -2.36. The molecule has 0 bridgehead atoms. The fourth-order valence-electron chi connectivity index (χ4n) is 2.69. The second-order valence-corrected chi connectivity index (χ2v) is 5.74. The number of carbonyl (C=O) groups is 1. The van der Waals surface area contributed by atoms with Crippen LogP contribution < -0.4 is 5.73 Å². The standard InChI is InChI=1S/C13H24N2O2/c1-2-15(8-10-4-3-5-10)9-13(14,12(16)17)11-6-7-11/h10-11H,2-9,14H2,1H3,(H,16,17). The summed E-state index contributed by atoms with van der Waals surface area (Å²) in [7, 11) is 0. The van der Waals surface area contributed by atoms with Gasteiger partial charge in [-0.3, -0.25) is 4.79 Å². The Morgan fingerprint density at radius 3 is 2.41 bits per heavy atom. The van der Waals surface area contributed by atoms with Crippen molar-refractivity contribution in [3.05, 3.63) is 0 Å². The van der Waals surface area contributed by atoms with Gasteiger partial charge in [-0.1, -0.05) is 13.3 Å². The van der Waals surface area contributed by atoms with E-state index in [1.807, 2.05) is 0 Å². The summed E-state index contributed by atoms with van der Waals surface area (Å²) in [5.74, 6) is 0.134. The third kappa shape index (κ3) is 2.80. The van der Waals surface area contributed by atoms with Crippen LogP contribution in [-0.2, 0) is 4.79 Å². The SMILES string of the molecule is CCN(CC1CCC1)CC(N)(C(=O)O)C1CC1. The molecule has 0 aromatic heterocycles. The first-order chi connectivity index (χ1) is 8.06. The highest BCUT2D eigenvalue weighted by atomic mass is 16.4. The van der Waals surface area contributed by atoms with Crippen molar-refractivity contribution in [1.82, 2.24) is 4.90 Å². The van der Waals surface area contributed by atoms with Crippen LogP contribution >= 0.6 is 0 Å². The number of aliphatic carboxylic acids is 1. The Morgan fingerprint density at radius 1 is 1.41 bits per heavy atom. The molecule has 1 unspecified atom stereocenters. The van der Waals surface area contributed by atoms with Gasteiger partial charge in [0.15, 0.2) is 0 Å². The van der Waals surface area contributed by atoms with E-state index in [1.165, 1.54) is 19.3 Å². The van der Waals surface area contributed by atoms with Crippen molar-refractivity contribution in [2.24, 2.45) is 17.6 Å². The van der Waals surface area contributed by atoms with Gasteiger partial charge in [-0.25, -0.2) is 0 Å². The van der Waals surface area contributed by atoms with Crippen molar-refractivity contribution in [2.75, 3.05) is 19.6 Å². The molecule has 3 N–H and O–H groups in total. The summed E-state index contributed by atoms with van der Waals surface area (Å²) in [6.45, 7) is 4.53. The van der Waals surface area contributed by atoms with Crippen molar-refractivity contribution in [1.29, 1.82) is 0 Å². The fourth-order valence-corrected chi connectivity index (χ4v) is 2.69. The lowest BCUT2D eigenvalue weighted by atomic mass is 9.84. The molecule has 2 saturated carbocycles. The average Bonchev–Trinajstić information content (AvgIpc) is 3.04. The number of nitrogens with zero attached hydrogens (tertiary/aromatic N) is 1. The fraction of sp³-hybridized carbons (Fsp3) is 0.923.